The van der Waals surface area contributed by atoms with Gasteiger partial charge in [0.25, 0.3) is 0 Å². The second-order valence-corrected chi connectivity index (χ2v) is 6.08. The molecule has 1 unspecified atom stereocenters. The topological polar surface area (TPSA) is 93.0 Å². The summed E-state index contributed by atoms with van der Waals surface area (Å²) in [6, 6.07) is 9.79. The Morgan fingerprint density at radius 2 is 2.00 bits per heavy atom. The minimum atomic E-state index is -4.95. The second kappa shape index (κ2) is 7.85. The van der Waals surface area contributed by atoms with Gasteiger partial charge in [0.05, 0.1) is 12.1 Å². The van der Waals surface area contributed by atoms with Gasteiger partial charge in [-0.1, -0.05) is 35.5 Å². The maximum Gasteiger partial charge on any atom is 0.458 e. The molecule has 148 valence electrons. The van der Waals surface area contributed by atoms with Crippen molar-refractivity contribution in [1.29, 1.82) is 0 Å². The molecule has 2 heterocycles. The third-order valence-corrected chi connectivity index (χ3v) is 3.97. The van der Waals surface area contributed by atoms with Crippen molar-refractivity contribution < 1.29 is 32.6 Å². The third kappa shape index (κ3) is 4.58. The van der Waals surface area contributed by atoms with Gasteiger partial charge in [-0.25, -0.2) is 4.79 Å². The first-order chi connectivity index (χ1) is 13.3. The van der Waals surface area contributed by atoms with Gasteiger partial charge in [-0.05, 0) is 17.2 Å². The number of alkyl halides is 3. The monoisotopic (exact) mass is 395 g/mol. The molecule has 7 nitrogen and oxygen atoms in total. The summed E-state index contributed by atoms with van der Waals surface area (Å²) < 4.78 is 43.3. The summed E-state index contributed by atoms with van der Waals surface area (Å²) in [6.45, 7) is 0.252. The highest BCUT2D eigenvalue weighted by Crippen LogP contribution is 2.38. The van der Waals surface area contributed by atoms with Crippen LogP contribution in [0.15, 0.2) is 53.9 Å². The van der Waals surface area contributed by atoms with Crippen LogP contribution in [0.3, 0.4) is 0 Å². The number of pyridine rings is 1. The lowest BCUT2D eigenvalue weighted by Crippen LogP contribution is -2.45. The van der Waals surface area contributed by atoms with E-state index in [4.69, 9.17) is 4.74 Å². The van der Waals surface area contributed by atoms with Gasteiger partial charge in [-0.15, -0.1) is 0 Å². The fourth-order valence-electron chi connectivity index (χ4n) is 2.40. The number of halogens is 3. The number of aromatic nitrogens is 1. The molecule has 1 aromatic heterocycles. The molecular weight excluding hydrogens is 379 g/mol. The maximum atomic E-state index is 12.7. The maximum absolute atomic E-state index is 12.7. The molecular formula is C18H16F3N3O4. The van der Waals surface area contributed by atoms with Crippen LogP contribution in [-0.2, 0) is 22.7 Å². The van der Waals surface area contributed by atoms with Crippen LogP contribution in [0.2, 0.25) is 0 Å². The molecule has 28 heavy (non-hydrogen) atoms. The van der Waals surface area contributed by atoms with Crippen molar-refractivity contribution in [2.75, 3.05) is 0 Å². The smallest absolute Gasteiger partial charge is 0.445 e. The van der Waals surface area contributed by atoms with Gasteiger partial charge in [0.15, 0.2) is 0 Å². The number of hydrogen-bond donors (Lipinski definition) is 2. The molecule has 2 aromatic rings. The van der Waals surface area contributed by atoms with Crippen molar-refractivity contribution in [3.05, 3.63) is 65.5 Å². The summed E-state index contributed by atoms with van der Waals surface area (Å²) in [5, 5.41) is 15.4. The van der Waals surface area contributed by atoms with Crippen LogP contribution in [0.25, 0.3) is 0 Å². The van der Waals surface area contributed by atoms with E-state index in [1.165, 1.54) is 12.1 Å². The number of ether oxygens (including phenoxy) is 1. The Morgan fingerprint density at radius 1 is 1.25 bits per heavy atom. The number of oxime groups is 1. The zero-order valence-electron chi connectivity index (χ0n) is 14.4. The Labute approximate surface area is 157 Å². The first kappa shape index (κ1) is 19.6. The lowest BCUT2D eigenvalue weighted by atomic mass is 10.0. The molecule has 1 atom stereocenters. The van der Waals surface area contributed by atoms with Gasteiger partial charge in [0, 0.05) is 24.5 Å². The quantitative estimate of drug-likeness (QED) is 0.812. The molecule has 0 fully saturated rings. The Balaban J connectivity index is 1.49. The van der Waals surface area contributed by atoms with Gasteiger partial charge in [-0.3, -0.25) is 4.98 Å². The zero-order valence-corrected chi connectivity index (χ0v) is 14.4. The van der Waals surface area contributed by atoms with E-state index in [0.29, 0.717) is 11.1 Å². The standard InChI is InChI=1S/C18H16F3N3O4/c19-18(20,21)17(26)8-15(24-28-17)14-5-3-12(4-6-14)10-23-16(25)27-11-13-2-1-7-22-9-13/h1-7,9,26H,8,10-11H2,(H,23,25). The molecule has 1 aromatic carbocycles. The number of aliphatic hydroxyl groups is 1. The molecule has 1 aliphatic heterocycles. The number of amides is 1. The summed E-state index contributed by atoms with van der Waals surface area (Å²) in [5.74, 6) is -3.30. The van der Waals surface area contributed by atoms with Crippen molar-refractivity contribution in [2.24, 2.45) is 5.16 Å². The lowest BCUT2D eigenvalue weighted by molar-refractivity contribution is -0.355. The van der Waals surface area contributed by atoms with E-state index in [-0.39, 0.29) is 18.9 Å². The minimum absolute atomic E-state index is 0.0183. The van der Waals surface area contributed by atoms with E-state index in [0.717, 1.165) is 5.56 Å². The summed E-state index contributed by atoms with van der Waals surface area (Å²) in [4.78, 5) is 19.8. The van der Waals surface area contributed by atoms with E-state index >= 15 is 0 Å². The molecule has 0 saturated carbocycles. The largest absolute Gasteiger partial charge is 0.458 e. The van der Waals surface area contributed by atoms with Crippen molar-refractivity contribution in [3.63, 3.8) is 0 Å². The van der Waals surface area contributed by atoms with Gasteiger partial charge in [0.2, 0.25) is 0 Å². The van der Waals surface area contributed by atoms with E-state index in [9.17, 15) is 23.1 Å². The fourth-order valence-corrected chi connectivity index (χ4v) is 2.40. The number of nitrogens with one attached hydrogen (secondary N) is 1. The molecule has 10 heteroatoms. The highest BCUT2D eigenvalue weighted by Gasteiger charge is 2.60. The van der Waals surface area contributed by atoms with Crippen LogP contribution in [0.5, 0.6) is 0 Å². The summed E-state index contributed by atoms with van der Waals surface area (Å²) in [5.41, 5.74) is 1.81. The first-order valence-electron chi connectivity index (χ1n) is 8.20. The van der Waals surface area contributed by atoms with Crippen LogP contribution >= 0.6 is 0 Å². The van der Waals surface area contributed by atoms with Crippen molar-refractivity contribution in [1.82, 2.24) is 10.3 Å². The van der Waals surface area contributed by atoms with Crippen LogP contribution in [0.4, 0.5) is 18.0 Å². The Bertz CT molecular complexity index is 857. The number of benzene rings is 1. The molecule has 0 spiro atoms. The Morgan fingerprint density at radius 3 is 2.61 bits per heavy atom. The highest BCUT2D eigenvalue weighted by atomic mass is 19.4. The number of carbonyl (C=O) groups is 1. The molecule has 0 saturated heterocycles. The Kier molecular flexibility index (Phi) is 5.50. The van der Waals surface area contributed by atoms with Gasteiger partial charge < -0.3 is 20.0 Å². The van der Waals surface area contributed by atoms with E-state index in [2.05, 4.69) is 20.3 Å². The molecule has 3 rings (SSSR count). The molecule has 0 aliphatic carbocycles. The molecule has 0 bridgehead atoms. The SMILES string of the molecule is O=C(NCc1ccc(C2=NOC(O)(C(F)(F)F)C2)cc1)OCc1cccnc1. The third-order valence-electron chi connectivity index (χ3n) is 3.97. The van der Waals surface area contributed by atoms with Crippen LogP contribution in [0, 0.1) is 0 Å². The molecule has 1 aliphatic rings. The lowest BCUT2D eigenvalue weighted by Gasteiger charge is -2.22. The average molecular weight is 395 g/mol. The fraction of sp³-hybridized carbons (Fsp3) is 0.278. The van der Waals surface area contributed by atoms with Gasteiger partial charge in [-0.2, -0.15) is 13.2 Å². The predicted octanol–water partition coefficient (Wildman–Crippen LogP) is 2.88. The average Bonchev–Trinajstić information content (AvgIpc) is 3.09. The number of hydrogen-bond acceptors (Lipinski definition) is 6. The molecule has 2 N–H and O–H groups in total. The number of rotatable bonds is 5. The number of nitrogens with zero attached hydrogens (tertiary/aromatic N) is 2. The molecule has 0 radical (unpaired) electrons. The summed E-state index contributed by atoms with van der Waals surface area (Å²) in [7, 11) is 0. The van der Waals surface area contributed by atoms with Crippen molar-refractivity contribution in [2.45, 2.75) is 31.5 Å². The Hall–Kier alpha value is -3.14. The van der Waals surface area contributed by atoms with Crippen molar-refractivity contribution >= 4 is 11.8 Å². The minimum Gasteiger partial charge on any atom is -0.445 e. The van der Waals surface area contributed by atoms with Gasteiger partial charge >= 0.3 is 18.1 Å². The number of carbonyl (C=O) groups excluding carboxylic acids is 1. The van der Waals surface area contributed by atoms with Crippen LogP contribution in [-0.4, -0.2) is 33.9 Å². The molecule has 1 amide bonds. The van der Waals surface area contributed by atoms with E-state index in [1.54, 1.807) is 36.7 Å². The van der Waals surface area contributed by atoms with E-state index < -0.39 is 24.5 Å². The van der Waals surface area contributed by atoms with Crippen molar-refractivity contribution in [3.8, 4) is 0 Å². The summed E-state index contributed by atoms with van der Waals surface area (Å²) >= 11 is 0. The van der Waals surface area contributed by atoms with Gasteiger partial charge in [0.1, 0.15) is 6.61 Å². The van der Waals surface area contributed by atoms with E-state index in [1.807, 2.05) is 0 Å². The van der Waals surface area contributed by atoms with Crippen LogP contribution in [0.1, 0.15) is 23.1 Å². The predicted molar refractivity (Wildman–Crippen MR) is 90.9 cm³/mol. The normalized spacial score (nSPS) is 18.9. The first-order valence-corrected chi connectivity index (χ1v) is 8.20. The zero-order chi connectivity index (χ0) is 20.2. The highest BCUT2D eigenvalue weighted by molar-refractivity contribution is 6.01. The number of alkyl carbamates (subject to hydrolysis) is 1. The van der Waals surface area contributed by atoms with Crippen LogP contribution < -0.4 is 5.32 Å². The second-order valence-electron chi connectivity index (χ2n) is 6.08. The summed E-state index contributed by atoms with van der Waals surface area (Å²) in [6.07, 6.45) is -3.16.